The lowest BCUT2D eigenvalue weighted by molar-refractivity contribution is 1.59. The van der Waals surface area contributed by atoms with Crippen molar-refractivity contribution in [1.29, 1.82) is 0 Å². The highest BCUT2D eigenvalue weighted by molar-refractivity contribution is 5.98. The maximum Gasteiger partial charge on any atom is 0.0809 e. The van der Waals surface area contributed by atoms with Crippen molar-refractivity contribution in [1.82, 2.24) is 0 Å². The maximum absolute atomic E-state index is 5.94. The summed E-state index contributed by atoms with van der Waals surface area (Å²) in [4.78, 5) is 0. The Kier molecular flexibility index (Phi) is 2.44. The number of benzene rings is 2. The van der Waals surface area contributed by atoms with Gasteiger partial charge in [0.25, 0.3) is 0 Å². The summed E-state index contributed by atoms with van der Waals surface area (Å²) < 4.78 is 0. The monoisotopic (exact) mass is 229 g/mol. The molecule has 0 saturated heterocycles. The summed E-state index contributed by atoms with van der Waals surface area (Å²) in [6, 6.07) is 9.05. The summed E-state index contributed by atoms with van der Waals surface area (Å²) in [6.07, 6.45) is 0. The smallest absolute Gasteiger partial charge is 0.0809 e. The first-order chi connectivity index (χ1) is 8.02. The molecule has 5 nitrogen and oxygen atoms in total. The highest BCUT2D eigenvalue weighted by Crippen LogP contribution is 2.39. The second kappa shape index (κ2) is 3.79. The van der Waals surface area contributed by atoms with Gasteiger partial charge in [0.15, 0.2) is 0 Å². The van der Waals surface area contributed by atoms with Crippen molar-refractivity contribution >= 4 is 28.4 Å². The van der Waals surface area contributed by atoms with Gasteiger partial charge < -0.3 is 28.7 Å². The molecule has 2 aromatic rings. The van der Waals surface area contributed by atoms with Crippen LogP contribution in [0.2, 0.25) is 0 Å². The lowest BCUT2D eigenvalue weighted by atomic mass is 9.99. The normalized spacial score (nSPS) is 10.4. The van der Waals surface area contributed by atoms with Crippen LogP contribution in [0.5, 0.6) is 0 Å². The third-order valence-corrected chi connectivity index (χ3v) is 2.73. The Morgan fingerprint density at radius 1 is 0.588 bits per heavy atom. The first kappa shape index (κ1) is 10.9. The molecule has 0 aliphatic carbocycles. The Bertz CT molecular complexity index is 577. The maximum atomic E-state index is 5.94. The number of para-hydroxylation sites is 1. The zero-order valence-electron chi connectivity index (χ0n) is 9.27. The molecular weight excluding hydrogens is 214 g/mol. The second-order valence-electron chi connectivity index (χ2n) is 3.84. The van der Waals surface area contributed by atoms with Gasteiger partial charge in [-0.15, -0.1) is 0 Å². The van der Waals surface area contributed by atoms with Crippen LogP contribution in [0.1, 0.15) is 0 Å². The van der Waals surface area contributed by atoms with Gasteiger partial charge in [-0.3, -0.25) is 0 Å². The Hall–Kier alpha value is -2.56. The number of rotatable bonds is 1. The number of nitrogen functional groups attached to an aromatic ring is 5. The summed E-state index contributed by atoms with van der Waals surface area (Å²) in [5.74, 6) is 0. The molecule has 0 spiro atoms. The molecule has 0 aliphatic heterocycles. The molecule has 0 unspecified atom stereocenters. The largest absolute Gasteiger partial charge is 0.398 e. The van der Waals surface area contributed by atoms with E-state index in [1.807, 2.05) is 18.2 Å². The summed E-state index contributed by atoms with van der Waals surface area (Å²) in [5.41, 5.74) is 32.6. The molecule has 2 rings (SSSR count). The summed E-state index contributed by atoms with van der Waals surface area (Å²) in [7, 11) is 0. The van der Waals surface area contributed by atoms with Crippen LogP contribution in [-0.4, -0.2) is 0 Å². The van der Waals surface area contributed by atoms with E-state index in [0.717, 1.165) is 5.56 Å². The topological polar surface area (TPSA) is 130 Å². The van der Waals surface area contributed by atoms with E-state index in [1.165, 1.54) is 0 Å². The summed E-state index contributed by atoms with van der Waals surface area (Å²) in [5, 5.41) is 0. The minimum atomic E-state index is 0.295. The number of hydrogen-bond acceptors (Lipinski definition) is 5. The van der Waals surface area contributed by atoms with Crippen LogP contribution >= 0.6 is 0 Å². The van der Waals surface area contributed by atoms with Gasteiger partial charge in [-0.1, -0.05) is 18.2 Å². The number of anilines is 5. The Morgan fingerprint density at radius 2 is 1.24 bits per heavy atom. The fourth-order valence-corrected chi connectivity index (χ4v) is 1.72. The van der Waals surface area contributed by atoms with E-state index < -0.39 is 0 Å². The molecule has 0 atom stereocenters. The molecule has 0 heterocycles. The quantitative estimate of drug-likeness (QED) is 0.470. The van der Waals surface area contributed by atoms with Gasteiger partial charge in [-0.25, -0.2) is 0 Å². The minimum Gasteiger partial charge on any atom is -0.398 e. The van der Waals surface area contributed by atoms with Crippen LogP contribution in [0.25, 0.3) is 11.1 Å². The summed E-state index contributed by atoms with van der Waals surface area (Å²) >= 11 is 0. The van der Waals surface area contributed by atoms with Crippen LogP contribution < -0.4 is 28.7 Å². The van der Waals surface area contributed by atoms with Crippen molar-refractivity contribution in [2.24, 2.45) is 0 Å². The molecule has 0 aromatic heterocycles. The highest BCUT2D eigenvalue weighted by atomic mass is 14.8. The van der Waals surface area contributed by atoms with Crippen molar-refractivity contribution in [3.8, 4) is 11.1 Å². The lowest BCUT2D eigenvalue weighted by Gasteiger charge is -2.14. The van der Waals surface area contributed by atoms with Gasteiger partial charge in [0.1, 0.15) is 0 Å². The van der Waals surface area contributed by atoms with Gasteiger partial charge in [-0.05, 0) is 12.1 Å². The second-order valence-corrected chi connectivity index (χ2v) is 3.84. The summed E-state index contributed by atoms with van der Waals surface area (Å²) in [6.45, 7) is 0. The molecule has 17 heavy (non-hydrogen) atoms. The fourth-order valence-electron chi connectivity index (χ4n) is 1.72. The molecule has 0 saturated carbocycles. The molecule has 0 amide bonds. The number of nitrogens with two attached hydrogens (primary N) is 5. The van der Waals surface area contributed by atoms with Crippen molar-refractivity contribution in [2.75, 3.05) is 28.7 Å². The van der Waals surface area contributed by atoms with Gasteiger partial charge >= 0.3 is 0 Å². The zero-order chi connectivity index (χ0) is 12.6. The SMILES string of the molecule is Nc1ccccc1-c1cc(N)c(N)c(N)c1N. The standard InChI is InChI=1S/C12H15N5/c13-8-4-2-1-3-6(8)7-5-9(14)11(16)12(17)10(7)15/h1-5H,13-17H2. The third kappa shape index (κ3) is 1.67. The van der Waals surface area contributed by atoms with E-state index in [-0.39, 0.29) is 0 Å². The Balaban J connectivity index is 2.73. The minimum absolute atomic E-state index is 0.295. The van der Waals surface area contributed by atoms with Crippen molar-refractivity contribution < 1.29 is 0 Å². The predicted octanol–water partition coefficient (Wildman–Crippen LogP) is 1.26. The molecule has 10 N–H and O–H groups in total. The van der Waals surface area contributed by atoms with Gasteiger partial charge in [0.05, 0.1) is 22.7 Å². The zero-order valence-corrected chi connectivity index (χ0v) is 9.27. The molecule has 0 radical (unpaired) electrons. The first-order valence-electron chi connectivity index (χ1n) is 5.10. The molecule has 0 aliphatic rings. The lowest BCUT2D eigenvalue weighted by Crippen LogP contribution is -2.06. The van der Waals surface area contributed by atoms with Crippen LogP contribution in [0.4, 0.5) is 28.4 Å². The molecule has 0 bridgehead atoms. The van der Waals surface area contributed by atoms with E-state index >= 15 is 0 Å². The van der Waals surface area contributed by atoms with Gasteiger partial charge in [0.2, 0.25) is 0 Å². The van der Waals surface area contributed by atoms with E-state index in [4.69, 9.17) is 28.7 Å². The number of hydrogen-bond donors (Lipinski definition) is 5. The average molecular weight is 229 g/mol. The molecule has 5 heteroatoms. The van der Waals surface area contributed by atoms with Gasteiger partial charge in [0, 0.05) is 16.8 Å². The van der Waals surface area contributed by atoms with E-state index in [2.05, 4.69) is 0 Å². The van der Waals surface area contributed by atoms with Gasteiger partial charge in [-0.2, -0.15) is 0 Å². The van der Waals surface area contributed by atoms with E-state index in [0.29, 0.717) is 34.0 Å². The van der Waals surface area contributed by atoms with Crippen molar-refractivity contribution in [3.05, 3.63) is 30.3 Å². The van der Waals surface area contributed by atoms with Crippen LogP contribution in [-0.2, 0) is 0 Å². The highest BCUT2D eigenvalue weighted by Gasteiger charge is 2.13. The van der Waals surface area contributed by atoms with Crippen molar-refractivity contribution in [3.63, 3.8) is 0 Å². The third-order valence-electron chi connectivity index (χ3n) is 2.73. The first-order valence-corrected chi connectivity index (χ1v) is 5.10. The average Bonchev–Trinajstić information content (AvgIpc) is 2.32. The Morgan fingerprint density at radius 3 is 1.88 bits per heavy atom. The predicted molar refractivity (Wildman–Crippen MR) is 73.9 cm³/mol. The van der Waals surface area contributed by atoms with Crippen LogP contribution in [0.15, 0.2) is 30.3 Å². The molecule has 0 fully saturated rings. The van der Waals surface area contributed by atoms with E-state index in [1.54, 1.807) is 12.1 Å². The van der Waals surface area contributed by atoms with Crippen LogP contribution in [0, 0.1) is 0 Å². The van der Waals surface area contributed by atoms with Crippen molar-refractivity contribution in [2.45, 2.75) is 0 Å². The molecule has 88 valence electrons. The molecular formula is C12H15N5. The Labute approximate surface area is 99.2 Å². The molecule has 2 aromatic carbocycles. The fraction of sp³-hybridized carbons (Fsp3) is 0. The van der Waals surface area contributed by atoms with E-state index in [9.17, 15) is 0 Å². The van der Waals surface area contributed by atoms with Crippen LogP contribution in [0.3, 0.4) is 0 Å².